The Morgan fingerprint density at radius 1 is 1.13 bits per heavy atom. The van der Waals surface area contributed by atoms with Gasteiger partial charge in [0.2, 0.25) is 0 Å². The number of halogens is 1. The van der Waals surface area contributed by atoms with Crippen LogP contribution >= 0.6 is 0 Å². The Labute approximate surface area is 136 Å². The van der Waals surface area contributed by atoms with Crippen molar-refractivity contribution in [3.8, 4) is 0 Å². The fourth-order valence-electron chi connectivity index (χ4n) is 2.69. The first kappa shape index (κ1) is 15.3. The summed E-state index contributed by atoms with van der Waals surface area (Å²) in [7, 11) is 0. The number of rotatable bonds is 4. The summed E-state index contributed by atoms with van der Waals surface area (Å²) < 4.78 is 13.2. The number of nitrogens with one attached hydrogen (secondary N) is 1. The highest BCUT2D eigenvalue weighted by molar-refractivity contribution is 5.63. The second kappa shape index (κ2) is 6.24. The minimum atomic E-state index is -0.211. The largest absolute Gasteiger partial charge is 0.306 e. The van der Waals surface area contributed by atoms with E-state index in [2.05, 4.69) is 29.3 Å². The fourth-order valence-corrected chi connectivity index (χ4v) is 2.69. The first-order valence-electron chi connectivity index (χ1n) is 7.64. The summed E-state index contributed by atoms with van der Waals surface area (Å²) in [6, 6.07) is 12.6. The number of hydrogen-bond acceptors (Lipinski definition) is 3. The van der Waals surface area contributed by atoms with Crippen molar-refractivity contribution in [1.29, 1.82) is 0 Å². The molecule has 1 aromatic heterocycles. The highest BCUT2D eigenvalue weighted by Gasteiger charge is 2.26. The lowest BCUT2D eigenvalue weighted by Gasteiger charge is -2.36. The minimum Gasteiger partial charge on any atom is -0.306 e. The van der Waals surface area contributed by atoms with E-state index in [9.17, 15) is 4.39 Å². The number of nitrogens with zero attached hydrogens (tertiary/aromatic N) is 2. The lowest BCUT2D eigenvalue weighted by Crippen LogP contribution is -2.43. The van der Waals surface area contributed by atoms with Gasteiger partial charge in [0.05, 0.1) is 11.4 Å². The van der Waals surface area contributed by atoms with Gasteiger partial charge in [-0.25, -0.2) is 4.39 Å². The summed E-state index contributed by atoms with van der Waals surface area (Å²) in [5, 5.41) is 2.08. The van der Waals surface area contributed by atoms with Crippen LogP contribution in [-0.4, -0.2) is 16.5 Å². The van der Waals surface area contributed by atoms with Crippen molar-refractivity contribution in [2.24, 2.45) is 0 Å². The van der Waals surface area contributed by atoms with Gasteiger partial charge in [-0.15, -0.1) is 0 Å². The predicted octanol–water partition coefficient (Wildman–Crippen LogP) is 3.87. The van der Waals surface area contributed by atoms with Crippen molar-refractivity contribution in [3.05, 3.63) is 84.1 Å². The summed E-state index contributed by atoms with van der Waals surface area (Å²) >= 11 is 0. The van der Waals surface area contributed by atoms with Crippen molar-refractivity contribution in [1.82, 2.24) is 15.4 Å². The molecule has 2 aromatic rings. The molecule has 0 atom stereocenters. The van der Waals surface area contributed by atoms with E-state index in [4.69, 9.17) is 0 Å². The molecular weight excluding hydrogens is 289 g/mol. The molecule has 1 aliphatic heterocycles. The number of allylic oxidation sites excluding steroid dienone is 2. The molecule has 0 bridgehead atoms. The van der Waals surface area contributed by atoms with Gasteiger partial charge in [-0.3, -0.25) is 9.99 Å². The van der Waals surface area contributed by atoms with Gasteiger partial charge in [-0.05, 0) is 42.0 Å². The Balaban J connectivity index is 1.84. The zero-order valence-electron chi connectivity index (χ0n) is 13.3. The van der Waals surface area contributed by atoms with E-state index in [1.54, 1.807) is 6.20 Å². The summed E-state index contributed by atoms with van der Waals surface area (Å²) in [6.07, 6.45) is 7.69. The van der Waals surface area contributed by atoms with Crippen LogP contribution in [0.15, 0.2) is 67.0 Å². The molecule has 4 heteroatoms. The molecule has 0 spiro atoms. The maximum Gasteiger partial charge on any atom is 0.123 e. The molecule has 23 heavy (non-hydrogen) atoms. The quantitative estimate of drug-likeness (QED) is 0.929. The van der Waals surface area contributed by atoms with E-state index in [0.29, 0.717) is 0 Å². The van der Waals surface area contributed by atoms with Crippen LogP contribution in [0, 0.1) is 5.82 Å². The second-order valence-electron chi connectivity index (χ2n) is 6.23. The van der Waals surface area contributed by atoms with Gasteiger partial charge < -0.3 is 5.43 Å². The van der Waals surface area contributed by atoms with E-state index in [1.807, 2.05) is 48.7 Å². The molecule has 0 unspecified atom stereocenters. The topological polar surface area (TPSA) is 28.2 Å². The van der Waals surface area contributed by atoms with Crippen LogP contribution in [0.25, 0.3) is 5.70 Å². The van der Waals surface area contributed by atoms with E-state index >= 15 is 0 Å². The van der Waals surface area contributed by atoms with Crippen LogP contribution in [0.2, 0.25) is 0 Å². The summed E-state index contributed by atoms with van der Waals surface area (Å²) in [5.74, 6) is -0.211. The summed E-state index contributed by atoms with van der Waals surface area (Å²) in [5.41, 5.74) is 6.15. The van der Waals surface area contributed by atoms with Gasteiger partial charge in [-0.2, -0.15) is 0 Å². The standard InChI is InChI=1S/C19H20FN3/c1-19(2,15-8-10-16(20)11-9-15)14-23-18(7-5-13-22-23)17-6-3-4-12-21-17/h3-13,22H,14H2,1-2H3. The molecule has 1 N–H and O–H groups in total. The molecule has 0 saturated heterocycles. The monoisotopic (exact) mass is 309 g/mol. The average Bonchev–Trinajstić information content (AvgIpc) is 2.56. The Morgan fingerprint density at radius 3 is 2.61 bits per heavy atom. The van der Waals surface area contributed by atoms with E-state index in [-0.39, 0.29) is 11.2 Å². The molecule has 1 aromatic carbocycles. The van der Waals surface area contributed by atoms with E-state index < -0.39 is 0 Å². The smallest absolute Gasteiger partial charge is 0.123 e. The highest BCUT2D eigenvalue weighted by Crippen LogP contribution is 2.28. The summed E-state index contributed by atoms with van der Waals surface area (Å²) in [4.78, 5) is 4.43. The van der Waals surface area contributed by atoms with Crippen LogP contribution in [0.3, 0.4) is 0 Å². The Kier molecular flexibility index (Phi) is 4.15. The van der Waals surface area contributed by atoms with Crippen LogP contribution in [0.4, 0.5) is 4.39 Å². The Hall–Kier alpha value is -2.62. The predicted molar refractivity (Wildman–Crippen MR) is 90.6 cm³/mol. The molecule has 3 rings (SSSR count). The molecule has 2 heterocycles. The number of benzene rings is 1. The summed E-state index contributed by atoms with van der Waals surface area (Å²) in [6.45, 7) is 5.03. The average molecular weight is 309 g/mol. The molecule has 0 amide bonds. The van der Waals surface area contributed by atoms with Crippen molar-refractivity contribution in [2.75, 3.05) is 6.54 Å². The van der Waals surface area contributed by atoms with E-state index in [0.717, 1.165) is 23.5 Å². The number of hydrazine groups is 1. The molecular formula is C19H20FN3. The van der Waals surface area contributed by atoms with Crippen LogP contribution < -0.4 is 5.43 Å². The van der Waals surface area contributed by atoms with Gasteiger partial charge in [0.15, 0.2) is 0 Å². The molecule has 118 valence electrons. The van der Waals surface area contributed by atoms with Gasteiger partial charge in [0.1, 0.15) is 5.82 Å². The first-order chi connectivity index (χ1) is 11.1. The van der Waals surface area contributed by atoms with E-state index in [1.165, 1.54) is 12.1 Å². The maximum atomic E-state index is 13.2. The van der Waals surface area contributed by atoms with Gasteiger partial charge >= 0.3 is 0 Å². The molecule has 3 nitrogen and oxygen atoms in total. The highest BCUT2D eigenvalue weighted by atomic mass is 19.1. The zero-order valence-corrected chi connectivity index (χ0v) is 13.3. The van der Waals surface area contributed by atoms with Crippen molar-refractivity contribution >= 4 is 5.70 Å². The molecule has 0 fully saturated rings. The van der Waals surface area contributed by atoms with Gasteiger partial charge in [0, 0.05) is 24.4 Å². The molecule has 1 aliphatic rings. The van der Waals surface area contributed by atoms with Crippen LogP contribution in [0.5, 0.6) is 0 Å². The first-order valence-corrected chi connectivity index (χ1v) is 7.64. The Morgan fingerprint density at radius 2 is 1.91 bits per heavy atom. The SMILES string of the molecule is CC(C)(CN1NC=CC=C1c1ccccn1)c1ccc(F)cc1. The van der Waals surface area contributed by atoms with Crippen LogP contribution in [-0.2, 0) is 5.41 Å². The lowest BCUT2D eigenvalue weighted by molar-refractivity contribution is 0.266. The fraction of sp³-hybridized carbons (Fsp3) is 0.211. The number of aromatic nitrogens is 1. The van der Waals surface area contributed by atoms with Crippen LogP contribution in [0.1, 0.15) is 25.1 Å². The van der Waals surface area contributed by atoms with Crippen molar-refractivity contribution < 1.29 is 4.39 Å². The third-order valence-electron chi connectivity index (χ3n) is 3.98. The van der Waals surface area contributed by atoms with Crippen molar-refractivity contribution in [3.63, 3.8) is 0 Å². The minimum absolute atomic E-state index is 0.153. The Bertz CT molecular complexity index is 718. The second-order valence-corrected chi connectivity index (χ2v) is 6.23. The normalized spacial score (nSPS) is 14.4. The molecule has 0 aliphatic carbocycles. The lowest BCUT2D eigenvalue weighted by atomic mass is 9.84. The molecule has 0 saturated carbocycles. The van der Waals surface area contributed by atoms with Crippen molar-refractivity contribution in [2.45, 2.75) is 19.3 Å². The maximum absolute atomic E-state index is 13.2. The number of pyridine rings is 1. The number of hydrogen-bond donors (Lipinski definition) is 1. The third-order valence-corrected chi connectivity index (χ3v) is 3.98. The zero-order chi connectivity index (χ0) is 16.3. The van der Waals surface area contributed by atoms with Gasteiger partial charge in [0.25, 0.3) is 0 Å². The third kappa shape index (κ3) is 3.42. The van der Waals surface area contributed by atoms with Gasteiger partial charge in [-0.1, -0.05) is 32.0 Å². The molecule has 0 radical (unpaired) electrons.